The summed E-state index contributed by atoms with van der Waals surface area (Å²) in [5.41, 5.74) is 0.831. The molecule has 1 amide bonds. The number of carboxylic acid groups (broad SMARTS) is 1. The first-order valence-corrected chi connectivity index (χ1v) is 12.8. The van der Waals surface area contributed by atoms with Gasteiger partial charge in [0.05, 0.1) is 23.9 Å². The summed E-state index contributed by atoms with van der Waals surface area (Å²) in [5.74, 6) is -1.33. The quantitative estimate of drug-likeness (QED) is 0.362. The van der Waals surface area contributed by atoms with Gasteiger partial charge >= 0.3 is 5.97 Å². The van der Waals surface area contributed by atoms with Crippen LogP contribution in [0.15, 0.2) is 60.1 Å². The number of hydrogen-bond acceptors (Lipinski definition) is 4. The topological polar surface area (TPSA) is 70.5 Å². The van der Waals surface area contributed by atoms with Crippen molar-refractivity contribution in [1.29, 1.82) is 0 Å². The fourth-order valence-electron chi connectivity index (χ4n) is 5.11. The van der Waals surface area contributed by atoms with Gasteiger partial charge in [0.25, 0.3) is 0 Å². The number of nitrogens with zero attached hydrogens (tertiary/aromatic N) is 2. The number of rotatable bonds is 7. The van der Waals surface area contributed by atoms with E-state index in [0.717, 1.165) is 16.1 Å². The first kappa shape index (κ1) is 24.7. The number of hydrogen-bond donors (Lipinski definition) is 1. The summed E-state index contributed by atoms with van der Waals surface area (Å²) in [6, 6.07) is 14.5. The molecule has 0 radical (unpaired) electrons. The summed E-state index contributed by atoms with van der Waals surface area (Å²) < 4.78 is 0. The number of aliphatic carboxylic acids is 1. The van der Waals surface area contributed by atoms with Gasteiger partial charge in [-0.05, 0) is 48.2 Å². The van der Waals surface area contributed by atoms with Crippen molar-refractivity contribution in [2.45, 2.75) is 51.1 Å². The number of aromatic nitrogens is 1. The second kappa shape index (κ2) is 10.1. The van der Waals surface area contributed by atoms with Gasteiger partial charge in [-0.25, -0.2) is 4.98 Å². The summed E-state index contributed by atoms with van der Waals surface area (Å²) in [4.78, 5) is 32.4. The SMILES string of the molecule is CC[C@H](c1nccs1)N1C(=O)[C@@](C)(CC(=O)O)C[C@H](c2cccc(Cl)c2)[C@H]1c1ccc(Cl)cc1. The minimum Gasteiger partial charge on any atom is -0.481 e. The summed E-state index contributed by atoms with van der Waals surface area (Å²) >= 11 is 14.1. The lowest BCUT2D eigenvalue weighted by Crippen LogP contribution is -2.53. The van der Waals surface area contributed by atoms with Crippen LogP contribution in [-0.4, -0.2) is 26.9 Å². The van der Waals surface area contributed by atoms with Gasteiger partial charge in [-0.1, -0.05) is 61.3 Å². The lowest BCUT2D eigenvalue weighted by molar-refractivity contribution is -0.160. The molecule has 5 nitrogen and oxygen atoms in total. The molecule has 0 unspecified atom stereocenters. The predicted molar refractivity (Wildman–Crippen MR) is 135 cm³/mol. The number of amides is 1. The third-order valence-corrected chi connectivity index (χ3v) is 7.95. The van der Waals surface area contributed by atoms with Crippen LogP contribution in [0.1, 0.15) is 67.2 Å². The second-order valence-corrected chi connectivity index (χ2v) is 10.8. The lowest BCUT2D eigenvalue weighted by atomic mass is 9.67. The van der Waals surface area contributed by atoms with Crippen LogP contribution in [0.4, 0.5) is 0 Å². The van der Waals surface area contributed by atoms with Crippen molar-refractivity contribution in [1.82, 2.24) is 9.88 Å². The Balaban J connectivity index is 1.94. The van der Waals surface area contributed by atoms with Gasteiger partial charge in [-0.15, -0.1) is 11.3 Å². The van der Waals surface area contributed by atoms with Gasteiger partial charge < -0.3 is 10.0 Å². The molecule has 0 spiro atoms. The van der Waals surface area contributed by atoms with Crippen molar-refractivity contribution in [2.24, 2.45) is 5.41 Å². The Kier molecular flexibility index (Phi) is 7.31. The van der Waals surface area contributed by atoms with Crippen molar-refractivity contribution < 1.29 is 14.7 Å². The Bertz CT molecular complexity index is 1170. The molecule has 8 heteroatoms. The first-order chi connectivity index (χ1) is 16.2. The molecule has 1 N–H and O–H groups in total. The van der Waals surface area contributed by atoms with Gasteiger partial charge in [0.1, 0.15) is 5.01 Å². The Morgan fingerprint density at radius 3 is 2.53 bits per heavy atom. The van der Waals surface area contributed by atoms with Crippen LogP contribution < -0.4 is 0 Å². The highest BCUT2D eigenvalue weighted by Crippen LogP contribution is 2.54. The molecule has 34 heavy (non-hydrogen) atoms. The summed E-state index contributed by atoms with van der Waals surface area (Å²) in [6.45, 7) is 3.79. The van der Waals surface area contributed by atoms with Crippen LogP contribution in [0.25, 0.3) is 0 Å². The monoisotopic (exact) mass is 516 g/mol. The fraction of sp³-hybridized carbons (Fsp3) is 0.346. The van der Waals surface area contributed by atoms with Crippen LogP contribution in [-0.2, 0) is 9.59 Å². The van der Waals surface area contributed by atoms with E-state index in [4.69, 9.17) is 23.2 Å². The van der Waals surface area contributed by atoms with E-state index < -0.39 is 11.4 Å². The van der Waals surface area contributed by atoms with Crippen molar-refractivity contribution in [3.05, 3.63) is 86.3 Å². The molecule has 3 aromatic rings. The van der Waals surface area contributed by atoms with Gasteiger partial charge in [-0.2, -0.15) is 0 Å². The number of likely N-dealkylation sites (tertiary alicyclic amines) is 1. The van der Waals surface area contributed by atoms with Gasteiger partial charge in [-0.3, -0.25) is 9.59 Å². The van der Waals surface area contributed by atoms with E-state index in [1.807, 2.05) is 65.7 Å². The maximum Gasteiger partial charge on any atom is 0.304 e. The average Bonchev–Trinajstić information content (AvgIpc) is 3.32. The standard InChI is InChI=1S/C26H26Cl2N2O3S/c1-3-21(24-29-11-12-34-24)30-23(16-7-9-18(27)10-8-16)20(17-5-4-6-19(28)13-17)14-26(2,25(30)33)15-22(31)32/h4-13,20-21,23H,3,14-15H2,1-2H3,(H,31,32)/t20-,21-,23-,26-/m1/s1. The van der Waals surface area contributed by atoms with Crippen molar-refractivity contribution in [3.63, 3.8) is 0 Å². The van der Waals surface area contributed by atoms with Crippen molar-refractivity contribution in [3.8, 4) is 0 Å². The molecule has 1 aromatic heterocycles. The van der Waals surface area contributed by atoms with E-state index in [2.05, 4.69) is 4.98 Å². The number of thiazole rings is 1. The van der Waals surface area contributed by atoms with E-state index in [0.29, 0.717) is 22.9 Å². The number of halogens is 2. The zero-order valence-corrected chi connectivity index (χ0v) is 21.3. The molecule has 2 heterocycles. The van der Waals surface area contributed by atoms with Crippen molar-refractivity contribution >= 4 is 46.4 Å². The minimum absolute atomic E-state index is 0.170. The molecule has 0 saturated carbocycles. The van der Waals surface area contributed by atoms with E-state index in [-0.39, 0.29) is 30.3 Å². The van der Waals surface area contributed by atoms with E-state index >= 15 is 0 Å². The molecule has 2 aromatic carbocycles. The fourth-order valence-corrected chi connectivity index (χ4v) is 6.26. The average molecular weight is 517 g/mol. The van der Waals surface area contributed by atoms with Crippen LogP contribution in [0.3, 0.4) is 0 Å². The maximum atomic E-state index is 14.2. The highest BCUT2D eigenvalue weighted by molar-refractivity contribution is 7.09. The summed E-state index contributed by atoms with van der Waals surface area (Å²) in [6.07, 6.45) is 2.52. The Morgan fingerprint density at radius 1 is 1.21 bits per heavy atom. The molecule has 1 aliphatic heterocycles. The number of benzene rings is 2. The Morgan fingerprint density at radius 2 is 1.94 bits per heavy atom. The highest BCUT2D eigenvalue weighted by Gasteiger charge is 2.52. The zero-order chi connectivity index (χ0) is 24.5. The molecular weight excluding hydrogens is 491 g/mol. The van der Waals surface area contributed by atoms with E-state index in [1.165, 1.54) is 11.3 Å². The zero-order valence-electron chi connectivity index (χ0n) is 18.9. The lowest BCUT2D eigenvalue weighted by Gasteiger charge is -2.51. The van der Waals surface area contributed by atoms with Crippen LogP contribution >= 0.6 is 34.5 Å². The van der Waals surface area contributed by atoms with Gasteiger partial charge in [0, 0.05) is 27.5 Å². The molecule has 178 valence electrons. The van der Waals surface area contributed by atoms with Crippen LogP contribution in [0, 0.1) is 5.41 Å². The first-order valence-electron chi connectivity index (χ1n) is 11.2. The number of piperidine rings is 1. The Hall–Kier alpha value is -2.41. The number of carboxylic acids is 1. The summed E-state index contributed by atoms with van der Waals surface area (Å²) in [7, 11) is 0. The minimum atomic E-state index is -1.08. The normalized spacial score (nSPS) is 23.6. The molecule has 1 fully saturated rings. The molecule has 1 aliphatic rings. The largest absolute Gasteiger partial charge is 0.481 e. The molecule has 4 rings (SSSR count). The molecule has 0 aliphatic carbocycles. The van der Waals surface area contributed by atoms with Crippen LogP contribution in [0.5, 0.6) is 0 Å². The molecular formula is C26H26Cl2N2O3S. The Labute approximate surface area is 213 Å². The maximum absolute atomic E-state index is 14.2. The van der Waals surface area contributed by atoms with Crippen molar-refractivity contribution in [2.75, 3.05) is 0 Å². The van der Waals surface area contributed by atoms with E-state index in [9.17, 15) is 14.7 Å². The third kappa shape index (κ3) is 4.85. The van der Waals surface area contributed by atoms with Crippen LogP contribution in [0.2, 0.25) is 10.0 Å². The second-order valence-electron chi connectivity index (χ2n) is 9.00. The van der Waals surface area contributed by atoms with E-state index in [1.54, 1.807) is 13.1 Å². The predicted octanol–water partition coefficient (Wildman–Crippen LogP) is 7.14. The molecule has 4 atom stereocenters. The third-order valence-electron chi connectivity index (χ3n) is 6.59. The number of carbonyl (C=O) groups is 2. The summed E-state index contributed by atoms with van der Waals surface area (Å²) in [5, 5.41) is 13.7. The molecule has 0 bridgehead atoms. The molecule has 1 saturated heterocycles. The highest BCUT2D eigenvalue weighted by atomic mass is 35.5. The van der Waals surface area contributed by atoms with Gasteiger partial charge in [0.15, 0.2) is 0 Å². The number of carbonyl (C=O) groups excluding carboxylic acids is 1. The smallest absolute Gasteiger partial charge is 0.304 e. The van der Waals surface area contributed by atoms with Gasteiger partial charge in [0.2, 0.25) is 5.91 Å².